The van der Waals surface area contributed by atoms with Crippen LogP contribution in [0.5, 0.6) is 0 Å². The van der Waals surface area contributed by atoms with Gasteiger partial charge in [-0.05, 0) is 19.3 Å². The van der Waals surface area contributed by atoms with Crippen LogP contribution in [0.25, 0.3) is 0 Å². The predicted octanol–water partition coefficient (Wildman–Crippen LogP) is 3.99. The highest BCUT2D eigenvalue weighted by atomic mass is 16.7. The number of ether oxygens (including phenoxy) is 2. The van der Waals surface area contributed by atoms with Crippen molar-refractivity contribution in [2.45, 2.75) is 110 Å². The average Bonchev–Trinajstić information content (AvgIpc) is 2.86. The minimum absolute atomic E-state index is 0.0460. The first kappa shape index (κ1) is 23.5. The van der Waals surface area contributed by atoms with Crippen molar-refractivity contribution in [1.29, 1.82) is 0 Å². The summed E-state index contributed by atoms with van der Waals surface area (Å²) in [5.74, 6) is -1.17. The minimum Gasteiger partial charge on any atom is -0.385 e. The van der Waals surface area contributed by atoms with Gasteiger partial charge in [0.05, 0.1) is 12.7 Å². The van der Waals surface area contributed by atoms with Gasteiger partial charge in [-0.25, -0.2) is 0 Å². The van der Waals surface area contributed by atoms with Crippen molar-refractivity contribution < 1.29 is 24.5 Å². The summed E-state index contributed by atoms with van der Waals surface area (Å²) in [6, 6.07) is 0. The number of aliphatic hydroxyl groups is 2. The van der Waals surface area contributed by atoms with E-state index < -0.39 is 11.9 Å². The molecule has 3 atom stereocenters. The second kappa shape index (κ2) is 11.4. The molecule has 0 aromatic carbocycles. The summed E-state index contributed by atoms with van der Waals surface area (Å²) in [5.41, 5.74) is -0.201. The highest BCUT2D eigenvalue weighted by Crippen LogP contribution is 2.28. The molecule has 1 aliphatic heterocycles. The first-order chi connectivity index (χ1) is 12.2. The maximum absolute atomic E-state index is 11.8. The molecule has 0 spiro atoms. The van der Waals surface area contributed by atoms with Gasteiger partial charge >= 0.3 is 0 Å². The number of ketones is 1. The minimum atomic E-state index is -1.54. The number of aliphatic hydroxyl groups excluding tert-OH is 1. The van der Waals surface area contributed by atoms with Crippen molar-refractivity contribution in [2.24, 2.45) is 5.41 Å². The molecule has 0 aromatic rings. The third-order valence-electron chi connectivity index (χ3n) is 5.21. The molecule has 0 aromatic heterocycles. The fourth-order valence-electron chi connectivity index (χ4n) is 3.23. The summed E-state index contributed by atoms with van der Waals surface area (Å²) in [5, 5.41) is 20.3. The van der Waals surface area contributed by atoms with Gasteiger partial charge in [-0.15, -0.1) is 0 Å². The summed E-state index contributed by atoms with van der Waals surface area (Å²) in [7, 11) is 0. The van der Waals surface area contributed by atoms with Gasteiger partial charge in [0, 0.05) is 11.8 Å². The quantitative estimate of drug-likeness (QED) is 0.378. The van der Waals surface area contributed by atoms with E-state index in [-0.39, 0.29) is 18.1 Å². The standard InChI is InChI=1S/C21H40O5/c1-5-17-19(23)21(24,16-25-17)26-15-13-11-9-7-6-8-10-12-14-18(22)20(2,3)4/h17,19,23-24H,5-16H2,1-4H3/t17-,19?,21?/m0/s1. The van der Waals surface area contributed by atoms with Gasteiger partial charge in [0.25, 0.3) is 0 Å². The maximum Gasteiger partial charge on any atom is 0.218 e. The summed E-state index contributed by atoms with van der Waals surface area (Å²) >= 11 is 0. The Morgan fingerprint density at radius 2 is 1.62 bits per heavy atom. The SMILES string of the molecule is CC[C@@H]1OCC(O)(OCCCCCCCCCCC(=O)C(C)(C)C)C1O. The number of carbonyl (C=O) groups is 1. The van der Waals surface area contributed by atoms with Crippen LogP contribution >= 0.6 is 0 Å². The van der Waals surface area contributed by atoms with Gasteiger partial charge < -0.3 is 19.7 Å². The van der Waals surface area contributed by atoms with Crippen molar-refractivity contribution in [3.63, 3.8) is 0 Å². The Morgan fingerprint density at radius 1 is 1.08 bits per heavy atom. The van der Waals surface area contributed by atoms with Gasteiger partial charge in [-0.1, -0.05) is 66.2 Å². The summed E-state index contributed by atoms with van der Waals surface area (Å²) in [6.07, 6.45) is 8.90. The summed E-state index contributed by atoms with van der Waals surface area (Å²) in [4.78, 5) is 11.8. The van der Waals surface area contributed by atoms with Crippen molar-refractivity contribution >= 4 is 5.78 Å². The zero-order chi connectivity index (χ0) is 19.6. The predicted molar refractivity (Wildman–Crippen MR) is 103 cm³/mol. The van der Waals surface area contributed by atoms with Crippen LogP contribution in [0.3, 0.4) is 0 Å². The molecule has 0 amide bonds. The molecule has 0 radical (unpaired) electrons. The molecule has 2 unspecified atom stereocenters. The van der Waals surface area contributed by atoms with Crippen LogP contribution in [0.4, 0.5) is 0 Å². The monoisotopic (exact) mass is 372 g/mol. The number of hydrogen-bond acceptors (Lipinski definition) is 5. The normalized spacial score (nSPS) is 26.4. The Hall–Kier alpha value is -0.490. The third-order valence-corrected chi connectivity index (χ3v) is 5.21. The van der Waals surface area contributed by atoms with E-state index in [9.17, 15) is 15.0 Å². The molecule has 0 aliphatic carbocycles. The van der Waals surface area contributed by atoms with Crippen LogP contribution in [-0.4, -0.2) is 47.2 Å². The number of carbonyl (C=O) groups excluding carboxylic acids is 1. The topological polar surface area (TPSA) is 76.0 Å². The van der Waals surface area contributed by atoms with Crippen LogP contribution < -0.4 is 0 Å². The second-order valence-electron chi connectivity index (χ2n) is 8.65. The van der Waals surface area contributed by atoms with E-state index in [0.29, 0.717) is 25.2 Å². The van der Waals surface area contributed by atoms with Crippen LogP contribution in [-0.2, 0) is 14.3 Å². The zero-order valence-electron chi connectivity index (χ0n) is 17.3. The lowest BCUT2D eigenvalue weighted by Gasteiger charge is -2.26. The van der Waals surface area contributed by atoms with Gasteiger partial charge in [0.2, 0.25) is 5.79 Å². The second-order valence-corrected chi connectivity index (χ2v) is 8.65. The largest absolute Gasteiger partial charge is 0.385 e. The van der Waals surface area contributed by atoms with E-state index in [1.54, 1.807) is 0 Å². The number of hydrogen-bond donors (Lipinski definition) is 2. The Bertz CT molecular complexity index is 404. The van der Waals surface area contributed by atoms with E-state index in [0.717, 1.165) is 32.1 Å². The number of unbranched alkanes of at least 4 members (excludes halogenated alkanes) is 7. The lowest BCUT2D eigenvalue weighted by Crippen LogP contribution is -2.46. The van der Waals surface area contributed by atoms with Crippen molar-refractivity contribution in [2.75, 3.05) is 13.2 Å². The first-order valence-corrected chi connectivity index (χ1v) is 10.4. The van der Waals surface area contributed by atoms with Crippen LogP contribution in [0.15, 0.2) is 0 Å². The molecule has 5 heteroatoms. The van der Waals surface area contributed by atoms with Gasteiger partial charge in [-0.2, -0.15) is 0 Å². The highest BCUT2D eigenvalue weighted by Gasteiger charge is 2.48. The van der Waals surface area contributed by atoms with E-state index in [1.807, 2.05) is 27.7 Å². The molecule has 1 rings (SSSR count). The Balaban J connectivity index is 1.93. The molecular weight excluding hydrogens is 332 g/mol. The summed E-state index contributed by atoms with van der Waals surface area (Å²) in [6.45, 7) is 8.37. The molecule has 0 bridgehead atoms. The van der Waals surface area contributed by atoms with Gasteiger partial charge in [0.15, 0.2) is 0 Å². The molecule has 1 aliphatic rings. The number of Topliss-reactive ketones (excluding diaryl/α,β-unsaturated/α-hetero) is 1. The molecule has 2 N–H and O–H groups in total. The zero-order valence-corrected chi connectivity index (χ0v) is 17.3. The summed E-state index contributed by atoms with van der Waals surface area (Å²) < 4.78 is 10.9. The highest BCUT2D eigenvalue weighted by molar-refractivity contribution is 5.83. The number of rotatable bonds is 13. The van der Waals surface area contributed by atoms with Crippen LogP contribution in [0.1, 0.15) is 91.9 Å². The van der Waals surface area contributed by atoms with Gasteiger partial charge in [0.1, 0.15) is 18.5 Å². The molecule has 1 fully saturated rings. The molecule has 0 saturated carbocycles. The average molecular weight is 373 g/mol. The van der Waals surface area contributed by atoms with Crippen LogP contribution in [0, 0.1) is 5.41 Å². The molecular formula is C21H40O5. The first-order valence-electron chi connectivity index (χ1n) is 10.4. The fourth-order valence-corrected chi connectivity index (χ4v) is 3.23. The van der Waals surface area contributed by atoms with E-state index in [1.165, 1.54) is 19.3 Å². The Kier molecular flexibility index (Phi) is 10.3. The third kappa shape index (κ3) is 8.03. The lowest BCUT2D eigenvalue weighted by atomic mass is 9.88. The van der Waals surface area contributed by atoms with Crippen LogP contribution in [0.2, 0.25) is 0 Å². The van der Waals surface area contributed by atoms with Gasteiger partial charge in [-0.3, -0.25) is 4.79 Å². The lowest BCUT2D eigenvalue weighted by molar-refractivity contribution is -0.239. The van der Waals surface area contributed by atoms with Crippen molar-refractivity contribution in [3.8, 4) is 0 Å². The van der Waals surface area contributed by atoms with E-state index in [4.69, 9.17) is 9.47 Å². The van der Waals surface area contributed by atoms with Crippen molar-refractivity contribution in [1.82, 2.24) is 0 Å². The molecule has 1 heterocycles. The molecule has 5 nitrogen and oxygen atoms in total. The van der Waals surface area contributed by atoms with E-state index >= 15 is 0 Å². The Labute approximate surface area is 159 Å². The molecule has 26 heavy (non-hydrogen) atoms. The smallest absolute Gasteiger partial charge is 0.218 e. The molecule has 1 saturated heterocycles. The maximum atomic E-state index is 11.8. The Morgan fingerprint density at radius 3 is 2.12 bits per heavy atom. The fraction of sp³-hybridized carbons (Fsp3) is 0.952. The van der Waals surface area contributed by atoms with E-state index in [2.05, 4.69) is 0 Å². The van der Waals surface area contributed by atoms with Crippen molar-refractivity contribution in [3.05, 3.63) is 0 Å². The molecule has 154 valence electrons.